The van der Waals surface area contributed by atoms with Crippen LogP contribution in [0.5, 0.6) is 0 Å². The average molecular weight is 645 g/mol. The van der Waals surface area contributed by atoms with Gasteiger partial charge in [0, 0.05) is 32.9 Å². The maximum atomic E-state index is 2.48. The third-order valence-electron chi connectivity index (χ3n) is 11.1. The van der Waals surface area contributed by atoms with Gasteiger partial charge in [0.05, 0.1) is 22.1 Å². The van der Waals surface area contributed by atoms with Gasteiger partial charge in [-0.15, -0.1) is 0 Å². The minimum atomic E-state index is 0.0497. The quantitative estimate of drug-likeness (QED) is 0.166. The summed E-state index contributed by atoms with van der Waals surface area (Å²) in [7, 11) is 0. The second-order valence-electron chi connectivity index (χ2n) is 16.3. The summed E-state index contributed by atoms with van der Waals surface area (Å²) in [5.74, 6) is 0. The van der Waals surface area contributed by atoms with E-state index in [1.54, 1.807) is 0 Å². The second kappa shape index (κ2) is 9.98. The third-order valence-corrected chi connectivity index (χ3v) is 11.1. The van der Waals surface area contributed by atoms with Crippen molar-refractivity contribution in [1.29, 1.82) is 0 Å². The van der Waals surface area contributed by atoms with Crippen LogP contribution in [0.15, 0.2) is 133 Å². The van der Waals surface area contributed by atoms with Gasteiger partial charge in [0.1, 0.15) is 0 Å². The lowest BCUT2D eigenvalue weighted by Gasteiger charge is -2.19. The molecule has 10 rings (SSSR count). The van der Waals surface area contributed by atoms with E-state index in [-0.39, 0.29) is 10.8 Å². The van der Waals surface area contributed by atoms with Gasteiger partial charge in [0.15, 0.2) is 0 Å². The summed E-state index contributed by atoms with van der Waals surface area (Å²) >= 11 is 0. The zero-order valence-corrected chi connectivity index (χ0v) is 29.6. The first kappa shape index (κ1) is 29.3. The minimum Gasteiger partial charge on any atom is -0.309 e. The summed E-state index contributed by atoms with van der Waals surface area (Å²) in [6, 6.07) is 50.4. The molecule has 0 aliphatic carbocycles. The monoisotopic (exact) mass is 644 g/mol. The zero-order valence-electron chi connectivity index (χ0n) is 29.6. The Morgan fingerprint density at radius 3 is 1.10 bits per heavy atom. The predicted molar refractivity (Wildman–Crippen MR) is 216 cm³/mol. The Morgan fingerprint density at radius 1 is 0.340 bits per heavy atom. The fourth-order valence-electron chi connectivity index (χ4n) is 8.60. The number of benzene rings is 8. The molecule has 0 bridgehead atoms. The molecule has 50 heavy (non-hydrogen) atoms. The molecule has 0 aliphatic heterocycles. The minimum absolute atomic E-state index is 0.0497. The normalized spacial score (nSPS) is 13.0. The summed E-state index contributed by atoms with van der Waals surface area (Å²) in [6.45, 7) is 13.8. The predicted octanol–water partition coefficient (Wildman–Crippen LogP) is 13.4. The van der Waals surface area contributed by atoms with Crippen molar-refractivity contribution in [3.63, 3.8) is 0 Å². The molecule has 0 saturated heterocycles. The first-order valence-electron chi connectivity index (χ1n) is 17.9. The topological polar surface area (TPSA) is 9.86 Å². The lowest BCUT2D eigenvalue weighted by atomic mass is 9.86. The molecule has 0 fully saturated rings. The van der Waals surface area contributed by atoms with E-state index >= 15 is 0 Å². The largest absolute Gasteiger partial charge is 0.309 e. The van der Waals surface area contributed by atoms with Crippen LogP contribution in [0.2, 0.25) is 0 Å². The highest BCUT2D eigenvalue weighted by atomic mass is 15.0. The number of hydrogen-bond donors (Lipinski definition) is 0. The number of hydrogen-bond acceptors (Lipinski definition) is 0. The van der Waals surface area contributed by atoms with Crippen molar-refractivity contribution in [3.8, 4) is 11.4 Å². The van der Waals surface area contributed by atoms with Crippen molar-refractivity contribution >= 4 is 75.9 Å². The van der Waals surface area contributed by atoms with Crippen molar-refractivity contribution in [1.82, 2.24) is 9.13 Å². The summed E-state index contributed by atoms with van der Waals surface area (Å²) < 4.78 is 4.96. The van der Waals surface area contributed by atoms with E-state index in [2.05, 4.69) is 184 Å². The smallest absolute Gasteiger partial charge is 0.0553 e. The molecule has 2 heterocycles. The Bertz CT molecular complexity index is 2760. The Morgan fingerprint density at radius 2 is 0.720 bits per heavy atom. The lowest BCUT2D eigenvalue weighted by Crippen LogP contribution is -2.10. The highest BCUT2D eigenvalue weighted by Gasteiger charge is 2.24. The van der Waals surface area contributed by atoms with Crippen LogP contribution in [0.4, 0.5) is 0 Å². The van der Waals surface area contributed by atoms with Crippen LogP contribution in [-0.4, -0.2) is 9.13 Å². The maximum absolute atomic E-state index is 2.48. The molecule has 0 saturated carbocycles. The first-order chi connectivity index (χ1) is 24.1. The molecule has 8 aromatic carbocycles. The number of para-hydroxylation sites is 2. The Hall–Kier alpha value is -5.60. The molecule has 0 N–H and O–H groups in total. The molecule has 0 aliphatic rings. The van der Waals surface area contributed by atoms with E-state index in [9.17, 15) is 0 Å². The summed E-state index contributed by atoms with van der Waals surface area (Å²) in [5.41, 5.74) is 10.2. The van der Waals surface area contributed by atoms with Crippen LogP contribution in [0.3, 0.4) is 0 Å². The van der Waals surface area contributed by atoms with Crippen molar-refractivity contribution < 1.29 is 0 Å². The standard InChI is InChI=1S/C48H40N2/c1-47(2,3)31-19-21-35-39(27-31)49(33-13-9-7-10-14-33)41-25-29-17-18-30-26-42-46(38-24-23-37(45(35)41)43(29)44(30)38)36-22-20-32(48(4,5)6)28-40(36)50(42)34-15-11-8-12-16-34/h7-28H,1-6H3. The Kier molecular flexibility index (Phi) is 5.86. The lowest BCUT2D eigenvalue weighted by molar-refractivity contribution is 0.590. The van der Waals surface area contributed by atoms with Gasteiger partial charge in [0.2, 0.25) is 0 Å². The Balaban J connectivity index is 1.38. The van der Waals surface area contributed by atoms with E-state index in [0.29, 0.717) is 0 Å². The number of nitrogens with zero attached hydrogens (tertiary/aromatic N) is 2. The molecule has 0 unspecified atom stereocenters. The van der Waals surface area contributed by atoms with Gasteiger partial charge in [-0.3, -0.25) is 0 Å². The van der Waals surface area contributed by atoms with Gasteiger partial charge < -0.3 is 9.13 Å². The molecule has 10 aromatic rings. The molecular weight excluding hydrogens is 605 g/mol. The second-order valence-corrected chi connectivity index (χ2v) is 16.3. The van der Waals surface area contributed by atoms with E-state index in [1.165, 1.54) is 98.4 Å². The van der Waals surface area contributed by atoms with E-state index in [4.69, 9.17) is 0 Å². The molecular formula is C48H40N2. The zero-order chi connectivity index (χ0) is 34.1. The molecule has 0 radical (unpaired) electrons. The highest BCUT2D eigenvalue weighted by Crippen LogP contribution is 2.47. The van der Waals surface area contributed by atoms with Gasteiger partial charge in [0.25, 0.3) is 0 Å². The maximum Gasteiger partial charge on any atom is 0.0553 e. The van der Waals surface area contributed by atoms with Crippen LogP contribution in [0.25, 0.3) is 87.3 Å². The molecule has 242 valence electrons. The van der Waals surface area contributed by atoms with Crippen molar-refractivity contribution in [2.24, 2.45) is 0 Å². The fraction of sp³-hybridized carbons (Fsp3) is 0.167. The first-order valence-corrected chi connectivity index (χ1v) is 17.9. The van der Waals surface area contributed by atoms with Crippen LogP contribution >= 0.6 is 0 Å². The summed E-state index contributed by atoms with van der Waals surface area (Å²) in [6.07, 6.45) is 0. The molecule has 0 atom stereocenters. The molecule has 2 heteroatoms. The van der Waals surface area contributed by atoms with E-state index in [1.807, 2.05) is 0 Å². The van der Waals surface area contributed by atoms with Crippen LogP contribution in [0, 0.1) is 0 Å². The van der Waals surface area contributed by atoms with Crippen molar-refractivity contribution in [2.75, 3.05) is 0 Å². The van der Waals surface area contributed by atoms with Crippen molar-refractivity contribution in [2.45, 2.75) is 52.4 Å². The molecule has 2 nitrogen and oxygen atoms in total. The Labute approximate surface area is 292 Å². The number of fused-ring (bicyclic) bond motifs is 8. The molecule has 0 amide bonds. The van der Waals surface area contributed by atoms with Crippen molar-refractivity contribution in [3.05, 3.63) is 145 Å². The summed E-state index contributed by atoms with van der Waals surface area (Å²) in [5, 5.41) is 13.2. The van der Waals surface area contributed by atoms with E-state index in [0.717, 1.165) is 0 Å². The number of rotatable bonds is 2. The van der Waals surface area contributed by atoms with Gasteiger partial charge in [-0.05, 0) is 103 Å². The molecule has 0 spiro atoms. The SMILES string of the molecule is CC(C)(C)c1ccc2c3c4ccc5c6c(ccc(cc3n(-c3ccccc3)c2c1)c46)cc1c5c2ccc(C(C)(C)C)cc2n1-c1ccccc1. The highest BCUT2D eigenvalue weighted by molar-refractivity contribution is 6.37. The van der Waals surface area contributed by atoms with Crippen LogP contribution in [0.1, 0.15) is 52.7 Å². The van der Waals surface area contributed by atoms with Gasteiger partial charge >= 0.3 is 0 Å². The van der Waals surface area contributed by atoms with Crippen LogP contribution in [-0.2, 0) is 10.8 Å². The third kappa shape index (κ3) is 4.02. The fourth-order valence-corrected chi connectivity index (χ4v) is 8.60. The average Bonchev–Trinajstić information content (AvgIpc) is 3.62. The van der Waals surface area contributed by atoms with Gasteiger partial charge in [-0.25, -0.2) is 0 Å². The van der Waals surface area contributed by atoms with Gasteiger partial charge in [-0.2, -0.15) is 0 Å². The van der Waals surface area contributed by atoms with E-state index < -0.39 is 0 Å². The molecule has 2 aromatic heterocycles. The number of aromatic nitrogens is 2. The van der Waals surface area contributed by atoms with Gasteiger partial charge in [-0.1, -0.05) is 126 Å². The summed E-state index contributed by atoms with van der Waals surface area (Å²) in [4.78, 5) is 0. The van der Waals surface area contributed by atoms with Crippen LogP contribution < -0.4 is 0 Å².